The van der Waals surface area contributed by atoms with Crippen molar-refractivity contribution in [1.82, 2.24) is 9.21 Å². The van der Waals surface area contributed by atoms with E-state index in [1.807, 2.05) is 69.0 Å². The highest BCUT2D eigenvalue weighted by molar-refractivity contribution is 7.89. The van der Waals surface area contributed by atoms with Gasteiger partial charge >= 0.3 is 0 Å². The predicted molar refractivity (Wildman–Crippen MR) is 116 cm³/mol. The summed E-state index contributed by atoms with van der Waals surface area (Å²) in [5.74, 6) is -0.0821. The SMILES string of the molecule is Cc1cccc(NC(=O)C(C)N2CCN(S(=O)(=O)c3ccc(C)cc3C)CC2)c1. The van der Waals surface area contributed by atoms with Crippen LogP contribution in [0.4, 0.5) is 5.69 Å². The molecule has 156 valence electrons. The molecule has 1 N–H and O–H groups in total. The van der Waals surface area contributed by atoms with E-state index in [1.165, 1.54) is 4.31 Å². The Bertz CT molecular complexity index is 996. The molecule has 3 rings (SSSR count). The average molecular weight is 416 g/mol. The molecule has 2 aromatic rings. The van der Waals surface area contributed by atoms with E-state index in [0.29, 0.717) is 31.1 Å². The summed E-state index contributed by atoms with van der Waals surface area (Å²) >= 11 is 0. The molecule has 2 aromatic carbocycles. The van der Waals surface area contributed by atoms with Gasteiger partial charge in [-0.25, -0.2) is 8.42 Å². The summed E-state index contributed by atoms with van der Waals surface area (Å²) in [7, 11) is -3.53. The van der Waals surface area contributed by atoms with Gasteiger partial charge in [-0.3, -0.25) is 9.69 Å². The molecule has 1 heterocycles. The number of piperazine rings is 1. The monoisotopic (exact) mass is 415 g/mol. The molecule has 1 unspecified atom stereocenters. The lowest BCUT2D eigenvalue weighted by Crippen LogP contribution is -2.54. The third-order valence-corrected chi connectivity index (χ3v) is 7.49. The highest BCUT2D eigenvalue weighted by atomic mass is 32.2. The number of nitrogens with zero attached hydrogens (tertiary/aromatic N) is 2. The predicted octanol–water partition coefficient (Wildman–Crippen LogP) is 2.95. The van der Waals surface area contributed by atoms with E-state index in [-0.39, 0.29) is 11.9 Å². The fourth-order valence-corrected chi connectivity index (χ4v) is 5.32. The first-order valence-electron chi connectivity index (χ1n) is 9.87. The van der Waals surface area contributed by atoms with Crippen LogP contribution in [0.1, 0.15) is 23.6 Å². The van der Waals surface area contributed by atoms with Crippen LogP contribution >= 0.6 is 0 Å². The zero-order chi connectivity index (χ0) is 21.2. The van der Waals surface area contributed by atoms with Gasteiger partial charge in [0.2, 0.25) is 15.9 Å². The summed E-state index contributed by atoms with van der Waals surface area (Å²) in [5.41, 5.74) is 3.66. The first kappa shape index (κ1) is 21.5. The fraction of sp³-hybridized carbons (Fsp3) is 0.409. The summed E-state index contributed by atoms with van der Waals surface area (Å²) in [4.78, 5) is 15.0. The second-order valence-electron chi connectivity index (χ2n) is 7.74. The van der Waals surface area contributed by atoms with Gasteiger partial charge in [-0.1, -0.05) is 29.8 Å². The van der Waals surface area contributed by atoms with Crippen LogP contribution in [-0.4, -0.2) is 55.8 Å². The lowest BCUT2D eigenvalue weighted by atomic mass is 10.2. The molecular weight excluding hydrogens is 386 g/mol. The Morgan fingerprint density at radius 3 is 2.24 bits per heavy atom. The van der Waals surface area contributed by atoms with E-state index >= 15 is 0 Å². The minimum atomic E-state index is -3.53. The van der Waals surface area contributed by atoms with Crippen LogP contribution in [0.15, 0.2) is 47.4 Å². The minimum absolute atomic E-state index is 0.0821. The number of hydrogen-bond acceptors (Lipinski definition) is 4. The van der Waals surface area contributed by atoms with E-state index in [0.717, 1.165) is 22.4 Å². The van der Waals surface area contributed by atoms with Crippen LogP contribution < -0.4 is 5.32 Å². The van der Waals surface area contributed by atoms with Crippen molar-refractivity contribution in [3.8, 4) is 0 Å². The molecule has 0 aromatic heterocycles. The van der Waals surface area contributed by atoms with E-state index in [9.17, 15) is 13.2 Å². The molecule has 0 saturated carbocycles. The number of benzene rings is 2. The van der Waals surface area contributed by atoms with Crippen LogP contribution in [0.2, 0.25) is 0 Å². The van der Waals surface area contributed by atoms with Gasteiger partial charge in [-0.2, -0.15) is 4.31 Å². The van der Waals surface area contributed by atoms with Crippen LogP contribution in [-0.2, 0) is 14.8 Å². The number of hydrogen-bond donors (Lipinski definition) is 1. The number of nitrogens with one attached hydrogen (secondary N) is 1. The molecule has 0 radical (unpaired) electrons. The summed E-state index contributed by atoms with van der Waals surface area (Å²) in [6.07, 6.45) is 0. The first-order chi connectivity index (χ1) is 13.7. The second-order valence-corrected chi connectivity index (χ2v) is 9.65. The van der Waals surface area contributed by atoms with Crippen molar-refractivity contribution in [3.05, 3.63) is 59.2 Å². The zero-order valence-corrected chi connectivity index (χ0v) is 18.3. The highest BCUT2D eigenvalue weighted by Gasteiger charge is 2.32. The maximum atomic E-state index is 13.0. The number of sulfonamides is 1. The van der Waals surface area contributed by atoms with Gasteiger partial charge in [0.25, 0.3) is 0 Å². The molecule has 0 spiro atoms. The molecule has 0 bridgehead atoms. The van der Waals surface area contributed by atoms with Gasteiger partial charge in [-0.05, 0) is 57.0 Å². The minimum Gasteiger partial charge on any atom is -0.325 e. The largest absolute Gasteiger partial charge is 0.325 e. The van der Waals surface area contributed by atoms with Gasteiger partial charge in [-0.15, -0.1) is 0 Å². The normalized spacial score (nSPS) is 17.1. The van der Waals surface area contributed by atoms with Gasteiger partial charge in [0, 0.05) is 31.9 Å². The molecular formula is C22H29N3O3S. The Balaban J connectivity index is 1.62. The van der Waals surface area contributed by atoms with Gasteiger partial charge in [0.05, 0.1) is 10.9 Å². The van der Waals surface area contributed by atoms with E-state index < -0.39 is 10.0 Å². The van der Waals surface area contributed by atoms with Crippen molar-refractivity contribution in [1.29, 1.82) is 0 Å². The van der Waals surface area contributed by atoms with E-state index in [2.05, 4.69) is 5.32 Å². The summed E-state index contributed by atoms with van der Waals surface area (Å²) in [6.45, 7) is 9.40. The van der Waals surface area contributed by atoms with Crippen molar-refractivity contribution in [2.24, 2.45) is 0 Å². The molecule has 1 aliphatic heterocycles. The summed E-state index contributed by atoms with van der Waals surface area (Å²) < 4.78 is 27.6. The Morgan fingerprint density at radius 2 is 1.62 bits per heavy atom. The van der Waals surface area contributed by atoms with Gasteiger partial charge in [0.15, 0.2) is 0 Å². The Morgan fingerprint density at radius 1 is 0.966 bits per heavy atom. The fourth-order valence-electron chi connectivity index (χ4n) is 3.69. The van der Waals surface area contributed by atoms with Crippen LogP contribution in [0, 0.1) is 20.8 Å². The lowest BCUT2D eigenvalue weighted by Gasteiger charge is -2.36. The third kappa shape index (κ3) is 4.86. The third-order valence-electron chi connectivity index (χ3n) is 5.43. The maximum absolute atomic E-state index is 13.0. The van der Waals surface area contributed by atoms with Crippen LogP contribution in [0.5, 0.6) is 0 Å². The van der Waals surface area contributed by atoms with Crippen molar-refractivity contribution in [3.63, 3.8) is 0 Å². The van der Waals surface area contributed by atoms with Crippen molar-refractivity contribution >= 4 is 21.6 Å². The number of amides is 1. The molecule has 6 nitrogen and oxygen atoms in total. The van der Waals surface area contributed by atoms with Gasteiger partial charge < -0.3 is 5.32 Å². The zero-order valence-electron chi connectivity index (χ0n) is 17.5. The number of aryl methyl sites for hydroxylation is 3. The number of rotatable bonds is 5. The van der Waals surface area contributed by atoms with Crippen molar-refractivity contribution in [2.45, 2.75) is 38.6 Å². The topological polar surface area (TPSA) is 69.7 Å². The smallest absolute Gasteiger partial charge is 0.243 e. The van der Waals surface area contributed by atoms with Crippen molar-refractivity contribution < 1.29 is 13.2 Å². The summed E-state index contributed by atoms with van der Waals surface area (Å²) in [6, 6.07) is 12.8. The summed E-state index contributed by atoms with van der Waals surface area (Å²) in [5, 5.41) is 2.95. The molecule has 0 aliphatic carbocycles. The van der Waals surface area contributed by atoms with Crippen LogP contribution in [0.25, 0.3) is 0 Å². The standard InChI is InChI=1S/C22H29N3O3S/c1-16-6-5-7-20(15-16)23-22(26)19(4)24-10-12-25(13-11-24)29(27,28)21-9-8-17(2)14-18(21)3/h5-9,14-15,19H,10-13H2,1-4H3,(H,23,26). The Hall–Kier alpha value is -2.22. The Kier molecular flexibility index (Phi) is 6.41. The highest BCUT2D eigenvalue weighted by Crippen LogP contribution is 2.23. The molecule has 1 amide bonds. The second kappa shape index (κ2) is 8.65. The molecule has 1 aliphatic rings. The molecule has 1 saturated heterocycles. The maximum Gasteiger partial charge on any atom is 0.243 e. The molecule has 7 heteroatoms. The molecule has 1 atom stereocenters. The number of anilines is 1. The number of carbonyl (C=O) groups excluding carboxylic acids is 1. The lowest BCUT2D eigenvalue weighted by molar-refractivity contribution is -0.121. The van der Waals surface area contributed by atoms with E-state index in [4.69, 9.17) is 0 Å². The van der Waals surface area contributed by atoms with Gasteiger partial charge in [0.1, 0.15) is 0 Å². The Labute approximate surface area is 173 Å². The van der Waals surface area contributed by atoms with E-state index in [1.54, 1.807) is 6.07 Å². The quantitative estimate of drug-likeness (QED) is 0.815. The average Bonchev–Trinajstić information content (AvgIpc) is 2.67. The number of carbonyl (C=O) groups is 1. The van der Waals surface area contributed by atoms with Crippen molar-refractivity contribution in [2.75, 3.05) is 31.5 Å². The molecule has 29 heavy (non-hydrogen) atoms. The first-order valence-corrected chi connectivity index (χ1v) is 11.3. The molecule has 1 fully saturated rings. The van der Waals surface area contributed by atoms with Crippen LogP contribution in [0.3, 0.4) is 0 Å².